The van der Waals surface area contributed by atoms with Crippen LogP contribution in [0.3, 0.4) is 0 Å². The van der Waals surface area contributed by atoms with E-state index in [1.165, 1.54) is 21.8 Å². The van der Waals surface area contributed by atoms with E-state index in [9.17, 15) is 13.3 Å². The minimum absolute atomic E-state index is 0.0191. The normalized spacial score (nSPS) is 36.1. The smallest absolute Gasteiger partial charge is 0.336 e. The van der Waals surface area contributed by atoms with Crippen molar-refractivity contribution in [2.24, 2.45) is 0 Å². The van der Waals surface area contributed by atoms with Crippen LogP contribution in [0.2, 0.25) is 0 Å². The summed E-state index contributed by atoms with van der Waals surface area (Å²) in [5.74, 6) is 0.0525. The van der Waals surface area contributed by atoms with Crippen molar-refractivity contribution in [3.63, 3.8) is 0 Å². The fourth-order valence-corrected chi connectivity index (χ4v) is 7.56. The summed E-state index contributed by atoms with van der Waals surface area (Å²) in [4.78, 5) is 34.9. The number of hydrogen-bond acceptors (Lipinski definition) is 16. The van der Waals surface area contributed by atoms with Gasteiger partial charge in [-0.3, -0.25) is 13.7 Å². The number of nitrogens with zero attached hydrogens (tertiary/aromatic N) is 8. The van der Waals surface area contributed by atoms with Gasteiger partial charge in [0.15, 0.2) is 53.8 Å². The van der Waals surface area contributed by atoms with Crippen molar-refractivity contribution in [1.82, 2.24) is 43.8 Å². The Kier molecular flexibility index (Phi) is 7.23. The summed E-state index contributed by atoms with van der Waals surface area (Å²) in [6, 6.07) is 0. The van der Waals surface area contributed by atoms with Gasteiger partial charge in [-0.05, 0) is 11.8 Å². The second kappa shape index (κ2) is 10.8. The maximum atomic E-state index is 15.9. The van der Waals surface area contributed by atoms with Crippen molar-refractivity contribution in [2.75, 3.05) is 24.6 Å². The Bertz CT molecular complexity index is 1900. The molecular weight excluding hydrogens is 655 g/mol. The number of anilines is 2. The number of ether oxygens (including phenoxy) is 2. The van der Waals surface area contributed by atoms with Gasteiger partial charge in [-0.1, -0.05) is 0 Å². The molecule has 3 fully saturated rings. The maximum Gasteiger partial charge on any atom is 0.336 e. The Labute approximate surface area is 250 Å². The Balaban J connectivity index is 1.20. The lowest BCUT2D eigenvalue weighted by Gasteiger charge is -2.26. The average molecular weight is 678 g/mol. The van der Waals surface area contributed by atoms with Crippen LogP contribution in [0.25, 0.3) is 22.3 Å². The maximum absolute atomic E-state index is 15.9. The molecule has 19 nitrogen and oxygen atoms in total. The van der Waals surface area contributed by atoms with Crippen LogP contribution in [0.15, 0.2) is 25.3 Å². The molecule has 24 heteroatoms. The number of hydrogen-bond donors (Lipinski definition) is 4. The Hall–Kier alpha value is -3.12. The third kappa shape index (κ3) is 5.07. The van der Waals surface area contributed by atoms with Gasteiger partial charge in [-0.25, -0.2) is 42.9 Å². The van der Waals surface area contributed by atoms with Crippen LogP contribution in [0.4, 0.5) is 20.4 Å². The summed E-state index contributed by atoms with van der Waals surface area (Å²) >= 11 is 5.10. The van der Waals surface area contributed by atoms with Crippen LogP contribution in [0, 0.1) is 0 Å². The minimum atomic E-state index is -4.77. The van der Waals surface area contributed by atoms with E-state index in [4.69, 9.17) is 46.0 Å². The molecule has 0 spiro atoms. The predicted molar refractivity (Wildman–Crippen MR) is 146 cm³/mol. The summed E-state index contributed by atoms with van der Waals surface area (Å²) in [5, 5.41) is 0. The van der Waals surface area contributed by atoms with E-state index in [-0.39, 0.29) is 34.0 Å². The molecular formula is C20H22F2N11O8PS2. The van der Waals surface area contributed by atoms with E-state index in [1.54, 1.807) is 0 Å². The molecule has 3 saturated heterocycles. The molecule has 0 saturated carbocycles. The number of nitrogen functional groups attached to an aromatic ring is 2. The van der Waals surface area contributed by atoms with Crippen LogP contribution in [-0.2, 0) is 44.8 Å². The van der Waals surface area contributed by atoms with Crippen molar-refractivity contribution in [3.05, 3.63) is 25.3 Å². The Morgan fingerprint density at radius 2 is 1.50 bits per heavy atom. The molecule has 3 aliphatic rings. The van der Waals surface area contributed by atoms with Gasteiger partial charge in [0, 0.05) is 6.54 Å². The highest BCUT2D eigenvalue weighted by molar-refractivity contribution is 8.07. The lowest BCUT2D eigenvalue weighted by molar-refractivity contribution is -0.0472. The molecule has 7 heterocycles. The number of halogens is 2. The number of rotatable bonds is 2. The van der Waals surface area contributed by atoms with Crippen molar-refractivity contribution < 1.29 is 44.8 Å². The zero-order chi connectivity index (χ0) is 31.0. The predicted octanol–water partition coefficient (Wildman–Crippen LogP) is -0.847. The third-order valence-electron chi connectivity index (χ3n) is 7.21. The number of nitrogens with one attached hydrogen (secondary N) is 1. The van der Waals surface area contributed by atoms with Crippen LogP contribution < -0.4 is 16.2 Å². The Morgan fingerprint density at radius 1 is 0.909 bits per heavy atom. The molecule has 0 amide bonds. The number of fused-ring (bicyclic) bond motifs is 5. The van der Waals surface area contributed by atoms with Gasteiger partial charge in [-0.15, -0.1) is 0 Å². The summed E-state index contributed by atoms with van der Waals surface area (Å²) in [5.41, 5.74) is 12.2. The summed E-state index contributed by atoms with van der Waals surface area (Å²) in [6.07, 6.45) is -8.82. The number of imidazole rings is 2. The molecule has 44 heavy (non-hydrogen) atoms. The van der Waals surface area contributed by atoms with Crippen LogP contribution in [0.5, 0.6) is 0 Å². The van der Waals surface area contributed by atoms with Crippen molar-refractivity contribution >= 4 is 62.8 Å². The van der Waals surface area contributed by atoms with Crippen molar-refractivity contribution in [3.8, 4) is 0 Å². The highest BCUT2D eigenvalue weighted by Crippen LogP contribution is 2.51. The SMILES string of the molecule is Nc1ncnc2c1ncn2[C@@H]1O[C@@H]2CNS(=O)(=O)O[C@@H]3[C@H](F)[C@@H](COP(O)(=S)O[C@H]2[C@H]1F)O[C@H]3n1cnc2c(N)ncnc21. The van der Waals surface area contributed by atoms with E-state index in [2.05, 4.69) is 34.6 Å². The quantitative estimate of drug-likeness (QED) is 0.189. The molecule has 0 aromatic carbocycles. The summed E-state index contributed by atoms with van der Waals surface area (Å²) in [7, 11) is -4.77. The van der Waals surface area contributed by atoms with Gasteiger partial charge < -0.3 is 30.4 Å². The van der Waals surface area contributed by atoms with Crippen LogP contribution >= 0.6 is 6.72 Å². The zero-order valence-corrected chi connectivity index (χ0v) is 24.4. The fraction of sp³-hybridized carbons (Fsp3) is 0.500. The average Bonchev–Trinajstić information content (AvgIpc) is 3.73. The minimum Gasteiger partial charge on any atom is -0.382 e. The molecule has 4 aromatic heterocycles. The molecule has 0 radical (unpaired) electrons. The molecule has 7 rings (SSSR count). The van der Waals surface area contributed by atoms with Crippen molar-refractivity contribution in [1.29, 1.82) is 0 Å². The largest absolute Gasteiger partial charge is 0.382 e. The summed E-state index contributed by atoms with van der Waals surface area (Å²) in [6.45, 7) is -5.69. The first kappa shape index (κ1) is 29.6. The fourth-order valence-electron chi connectivity index (χ4n) is 5.19. The lowest BCUT2D eigenvalue weighted by Crippen LogP contribution is -2.43. The van der Waals surface area contributed by atoms with E-state index < -0.39 is 79.4 Å². The van der Waals surface area contributed by atoms with Crippen LogP contribution in [0.1, 0.15) is 12.5 Å². The molecule has 0 aliphatic carbocycles. The van der Waals surface area contributed by atoms with E-state index in [0.717, 1.165) is 12.7 Å². The molecule has 9 atom stereocenters. The molecule has 1 unspecified atom stereocenters. The molecule has 4 aromatic rings. The van der Waals surface area contributed by atoms with E-state index >= 15 is 8.78 Å². The van der Waals surface area contributed by atoms with E-state index in [1.807, 2.05) is 0 Å². The van der Waals surface area contributed by atoms with Crippen LogP contribution in [-0.4, -0.2) is 102 Å². The topological polar surface area (TPSA) is 252 Å². The van der Waals surface area contributed by atoms with Gasteiger partial charge in [0.2, 0.25) is 0 Å². The summed E-state index contributed by atoms with van der Waals surface area (Å²) < 4.78 is 90.1. The van der Waals surface area contributed by atoms with Crippen molar-refractivity contribution in [2.45, 2.75) is 49.2 Å². The standard InChI is InChI=1S/C20H22F2N11O8PS2/c21-9-8-2-37-42(34,43)40-13-7(38-19(10(13)22)32-5-29-11-15(23)25-3-27-17(11)32)1-31-44(35,36)41-14(9)20(39-8)33-6-30-12-16(24)26-4-28-18(12)33/h3-10,13-14,19-20,31H,1-2H2,(H,34,43)(H2,23,25,27)(H2,24,26,28)/t7-,8-,9-,10-,13-,14-,19-,20-,42?/m1/s1. The first-order valence-electron chi connectivity index (χ1n) is 12.7. The zero-order valence-electron chi connectivity index (χ0n) is 21.9. The second-order valence-electron chi connectivity index (χ2n) is 9.88. The first-order valence-corrected chi connectivity index (χ1v) is 16.7. The third-order valence-corrected chi connectivity index (χ3v) is 9.77. The number of nitrogens with two attached hydrogens (primary N) is 2. The molecule has 2 bridgehead atoms. The van der Waals surface area contributed by atoms with Gasteiger partial charge in [-0.2, -0.15) is 13.1 Å². The second-order valence-corrected chi connectivity index (χ2v) is 14.1. The van der Waals surface area contributed by atoms with E-state index in [0.29, 0.717) is 0 Å². The van der Waals surface area contributed by atoms with Gasteiger partial charge in [0.25, 0.3) is 0 Å². The molecule has 236 valence electrons. The number of aromatic nitrogens is 8. The number of alkyl halides is 2. The highest BCUT2D eigenvalue weighted by atomic mass is 32.5. The van der Waals surface area contributed by atoms with Gasteiger partial charge in [0.1, 0.15) is 42.0 Å². The van der Waals surface area contributed by atoms with Gasteiger partial charge >= 0.3 is 17.0 Å². The lowest BCUT2D eigenvalue weighted by atomic mass is 10.1. The highest BCUT2D eigenvalue weighted by Gasteiger charge is 2.53. The van der Waals surface area contributed by atoms with Gasteiger partial charge in [0.05, 0.1) is 19.3 Å². The monoisotopic (exact) mass is 677 g/mol. The first-order chi connectivity index (χ1) is 20.9. The Morgan fingerprint density at radius 3 is 2.14 bits per heavy atom. The molecule has 3 aliphatic heterocycles. The molecule has 6 N–H and O–H groups in total.